The normalized spacial score (nSPS) is 14.7. The van der Waals surface area contributed by atoms with Crippen LogP contribution in [0.1, 0.15) is 25.8 Å². The average molecular weight is 308 g/mol. The molecule has 0 bridgehead atoms. The van der Waals surface area contributed by atoms with E-state index in [0.717, 1.165) is 11.3 Å². The Hall–Kier alpha value is -1.85. The van der Waals surface area contributed by atoms with Crippen molar-refractivity contribution in [1.82, 2.24) is 0 Å². The van der Waals surface area contributed by atoms with E-state index in [1.807, 2.05) is 24.3 Å². The number of methoxy groups -OCH3 is 1. The highest BCUT2D eigenvalue weighted by molar-refractivity contribution is 5.70. The first-order chi connectivity index (χ1) is 10.5. The zero-order valence-electron chi connectivity index (χ0n) is 13.3. The third kappa shape index (κ3) is 6.28. The molecule has 0 spiro atoms. The molecular formula is C17H24O5. The lowest BCUT2D eigenvalue weighted by Crippen LogP contribution is -2.30. The number of rotatable bonds is 9. The quantitative estimate of drug-likeness (QED) is 0.561. The SMILES string of the molecule is C=C[C@@H](OCc1ccc(OC)cc1)[C@H](C)OC(=O)C[C@H](C)O. The average Bonchev–Trinajstić information content (AvgIpc) is 2.47. The predicted molar refractivity (Wildman–Crippen MR) is 83.6 cm³/mol. The van der Waals surface area contributed by atoms with Crippen LogP contribution in [0.4, 0.5) is 0 Å². The van der Waals surface area contributed by atoms with Gasteiger partial charge in [-0.1, -0.05) is 18.2 Å². The first-order valence-corrected chi connectivity index (χ1v) is 7.21. The van der Waals surface area contributed by atoms with Crippen molar-refractivity contribution in [1.29, 1.82) is 0 Å². The third-order valence-corrected chi connectivity index (χ3v) is 3.08. The van der Waals surface area contributed by atoms with Crippen LogP contribution in [0, 0.1) is 0 Å². The number of carbonyl (C=O) groups excluding carboxylic acids is 1. The van der Waals surface area contributed by atoms with Gasteiger partial charge in [0.05, 0.1) is 26.2 Å². The Bertz CT molecular complexity index is 466. The van der Waals surface area contributed by atoms with Crippen LogP contribution in [0.3, 0.4) is 0 Å². The van der Waals surface area contributed by atoms with Crippen molar-refractivity contribution in [3.05, 3.63) is 42.5 Å². The lowest BCUT2D eigenvalue weighted by molar-refractivity contribution is -0.156. The van der Waals surface area contributed by atoms with E-state index in [4.69, 9.17) is 19.3 Å². The summed E-state index contributed by atoms with van der Waals surface area (Å²) in [7, 11) is 1.61. The first-order valence-electron chi connectivity index (χ1n) is 7.21. The van der Waals surface area contributed by atoms with Gasteiger partial charge < -0.3 is 19.3 Å². The molecule has 0 fully saturated rings. The fraction of sp³-hybridized carbons (Fsp3) is 0.471. The van der Waals surface area contributed by atoms with Crippen LogP contribution in [-0.2, 0) is 20.9 Å². The highest BCUT2D eigenvalue weighted by Gasteiger charge is 2.20. The van der Waals surface area contributed by atoms with E-state index in [1.165, 1.54) is 6.92 Å². The Morgan fingerprint density at radius 3 is 2.45 bits per heavy atom. The number of aliphatic hydroxyl groups is 1. The van der Waals surface area contributed by atoms with Gasteiger partial charge in [0.25, 0.3) is 0 Å². The summed E-state index contributed by atoms with van der Waals surface area (Å²) in [6.07, 6.45) is -0.0413. The van der Waals surface area contributed by atoms with Gasteiger partial charge in [-0.15, -0.1) is 6.58 Å². The summed E-state index contributed by atoms with van der Waals surface area (Å²) in [4.78, 5) is 11.5. The van der Waals surface area contributed by atoms with Crippen molar-refractivity contribution < 1.29 is 24.1 Å². The largest absolute Gasteiger partial charge is 0.497 e. The van der Waals surface area contributed by atoms with Crippen molar-refractivity contribution in [3.63, 3.8) is 0 Å². The molecule has 3 atom stereocenters. The van der Waals surface area contributed by atoms with Gasteiger partial charge in [0.15, 0.2) is 0 Å². The molecule has 122 valence electrons. The van der Waals surface area contributed by atoms with E-state index in [2.05, 4.69) is 6.58 Å². The summed E-state index contributed by atoms with van der Waals surface area (Å²) in [6.45, 7) is 7.35. The monoisotopic (exact) mass is 308 g/mol. The minimum atomic E-state index is -0.720. The van der Waals surface area contributed by atoms with Gasteiger partial charge in [0, 0.05) is 0 Å². The van der Waals surface area contributed by atoms with Gasteiger partial charge in [-0.2, -0.15) is 0 Å². The smallest absolute Gasteiger partial charge is 0.308 e. The van der Waals surface area contributed by atoms with Gasteiger partial charge in [-0.25, -0.2) is 0 Å². The van der Waals surface area contributed by atoms with Crippen LogP contribution < -0.4 is 4.74 Å². The standard InChI is InChI=1S/C17H24O5/c1-5-16(13(3)22-17(19)10-12(2)18)21-11-14-6-8-15(20-4)9-7-14/h5-9,12-13,16,18H,1,10-11H2,2-4H3/t12-,13-,16+/m0/s1. The van der Waals surface area contributed by atoms with Crippen LogP contribution in [0.5, 0.6) is 5.75 Å². The Labute approximate surface area is 131 Å². The number of esters is 1. The number of hydrogen-bond acceptors (Lipinski definition) is 5. The molecule has 1 aromatic carbocycles. The van der Waals surface area contributed by atoms with Gasteiger partial charge in [0.2, 0.25) is 0 Å². The molecular weight excluding hydrogens is 284 g/mol. The van der Waals surface area contributed by atoms with Crippen molar-refractivity contribution in [2.45, 2.75) is 45.2 Å². The zero-order valence-corrected chi connectivity index (χ0v) is 13.3. The first kappa shape index (κ1) is 18.2. The van der Waals surface area contributed by atoms with Crippen molar-refractivity contribution >= 4 is 5.97 Å². The summed E-state index contributed by atoms with van der Waals surface area (Å²) < 4.78 is 16.0. The maximum atomic E-state index is 11.5. The molecule has 0 aliphatic rings. The molecule has 0 radical (unpaired) electrons. The molecule has 0 unspecified atom stereocenters. The number of ether oxygens (including phenoxy) is 3. The van der Waals surface area contributed by atoms with Crippen molar-refractivity contribution in [3.8, 4) is 5.75 Å². The third-order valence-electron chi connectivity index (χ3n) is 3.08. The van der Waals surface area contributed by atoms with E-state index in [1.54, 1.807) is 20.1 Å². The van der Waals surface area contributed by atoms with E-state index in [9.17, 15) is 4.79 Å². The number of carbonyl (C=O) groups is 1. The molecule has 1 aromatic rings. The fourth-order valence-corrected chi connectivity index (χ4v) is 1.87. The van der Waals surface area contributed by atoms with Crippen LogP contribution in [0.2, 0.25) is 0 Å². The Morgan fingerprint density at radius 2 is 1.95 bits per heavy atom. The number of hydrogen-bond donors (Lipinski definition) is 1. The summed E-state index contributed by atoms with van der Waals surface area (Å²) >= 11 is 0. The van der Waals surface area contributed by atoms with Crippen LogP contribution in [0.15, 0.2) is 36.9 Å². The van der Waals surface area contributed by atoms with E-state index in [-0.39, 0.29) is 6.42 Å². The van der Waals surface area contributed by atoms with Crippen LogP contribution >= 0.6 is 0 Å². The molecule has 0 saturated carbocycles. The molecule has 1 N–H and O–H groups in total. The summed E-state index contributed by atoms with van der Waals surface area (Å²) in [5, 5.41) is 9.16. The molecule has 1 rings (SSSR count). The second-order valence-electron chi connectivity index (χ2n) is 5.11. The summed E-state index contributed by atoms with van der Waals surface area (Å²) in [5.74, 6) is 0.326. The molecule has 0 saturated heterocycles. The Kier molecular flexibility index (Phi) is 7.63. The molecule has 0 aromatic heterocycles. The second-order valence-corrected chi connectivity index (χ2v) is 5.11. The highest BCUT2D eigenvalue weighted by atomic mass is 16.6. The minimum absolute atomic E-state index is 0.0350. The summed E-state index contributed by atoms with van der Waals surface area (Å²) in [5.41, 5.74) is 0.982. The summed E-state index contributed by atoms with van der Waals surface area (Å²) in [6, 6.07) is 7.52. The molecule has 0 amide bonds. The van der Waals surface area contributed by atoms with Crippen molar-refractivity contribution in [2.24, 2.45) is 0 Å². The van der Waals surface area contributed by atoms with E-state index >= 15 is 0 Å². The molecule has 0 aliphatic carbocycles. The van der Waals surface area contributed by atoms with Crippen LogP contribution in [0.25, 0.3) is 0 Å². The van der Waals surface area contributed by atoms with Gasteiger partial charge in [-0.05, 0) is 31.5 Å². The van der Waals surface area contributed by atoms with Gasteiger partial charge >= 0.3 is 5.97 Å². The Morgan fingerprint density at radius 1 is 1.32 bits per heavy atom. The molecule has 5 heteroatoms. The maximum absolute atomic E-state index is 11.5. The van der Waals surface area contributed by atoms with Crippen LogP contribution in [-0.4, -0.2) is 36.5 Å². The lowest BCUT2D eigenvalue weighted by Gasteiger charge is -2.22. The van der Waals surface area contributed by atoms with E-state index < -0.39 is 24.3 Å². The van der Waals surface area contributed by atoms with Gasteiger partial charge in [0.1, 0.15) is 18.0 Å². The number of benzene rings is 1. The minimum Gasteiger partial charge on any atom is -0.497 e. The molecule has 5 nitrogen and oxygen atoms in total. The van der Waals surface area contributed by atoms with E-state index in [0.29, 0.717) is 6.61 Å². The fourth-order valence-electron chi connectivity index (χ4n) is 1.87. The maximum Gasteiger partial charge on any atom is 0.308 e. The van der Waals surface area contributed by atoms with Gasteiger partial charge in [-0.3, -0.25) is 4.79 Å². The zero-order chi connectivity index (χ0) is 16.5. The lowest BCUT2D eigenvalue weighted by atomic mass is 10.2. The molecule has 0 heterocycles. The molecule has 22 heavy (non-hydrogen) atoms. The topological polar surface area (TPSA) is 65.0 Å². The molecule has 0 aliphatic heterocycles. The number of aliphatic hydroxyl groups excluding tert-OH is 1. The second kappa shape index (κ2) is 9.23. The van der Waals surface area contributed by atoms with Crippen molar-refractivity contribution in [2.75, 3.05) is 7.11 Å². The predicted octanol–water partition coefficient (Wildman–Crippen LogP) is 2.47. The Balaban J connectivity index is 2.49. The highest BCUT2D eigenvalue weighted by Crippen LogP contribution is 2.14.